The Hall–Kier alpha value is -1.88. The van der Waals surface area contributed by atoms with Crippen LogP contribution in [0.3, 0.4) is 0 Å². The van der Waals surface area contributed by atoms with E-state index < -0.39 is 0 Å². The maximum Gasteiger partial charge on any atom is 0.251 e. The van der Waals surface area contributed by atoms with Crippen LogP contribution < -0.4 is 16.0 Å². The Kier molecular flexibility index (Phi) is 2.76. The Morgan fingerprint density at radius 2 is 2.11 bits per heavy atom. The van der Waals surface area contributed by atoms with Gasteiger partial charge < -0.3 is 16.0 Å². The van der Waals surface area contributed by atoms with E-state index in [1.54, 1.807) is 0 Å². The first kappa shape index (κ1) is 11.2. The SMILES string of the molecule is O=C1CC(NC(=O)c2ccc3c(c2)CNC3)CN1. The second-order valence-corrected chi connectivity index (χ2v) is 4.77. The lowest BCUT2D eigenvalue weighted by Crippen LogP contribution is -2.36. The second-order valence-electron chi connectivity index (χ2n) is 4.77. The van der Waals surface area contributed by atoms with E-state index >= 15 is 0 Å². The predicted molar refractivity (Wildman–Crippen MR) is 65.9 cm³/mol. The highest BCUT2D eigenvalue weighted by Gasteiger charge is 2.23. The van der Waals surface area contributed by atoms with Gasteiger partial charge in [-0.3, -0.25) is 9.59 Å². The fraction of sp³-hybridized carbons (Fsp3) is 0.385. The van der Waals surface area contributed by atoms with Gasteiger partial charge in [-0.05, 0) is 23.3 Å². The monoisotopic (exact) mass is 245 g/mol. The van der Waals surface area contributed by atoms with Crippen LogP contribution in [0.25, 0.3) is 0 Å². The molecular formula is C13H15N3O2. The molecule has 1 atom stereocenters. The Morgan fingerprint density at radius 3 is 2.89 bits per heavy atom. The van der Waals surface area contributed by atoms with Gasteiger partial charge in [0, 0.05) is 31.6 Å². The van der Waals surface area contributed by atoms with Crippen LogP contribution in [-0.2, 0) is 17.9 Å². The van der Waals surface area contributed by atoms with E-state index in [0.717, 1.165) is 13.1 Å². The van der Waals surface area contributed by atoms with E-state index in [2.05, 4.69) is 16.0 Å². The molecule has 1 aromatic carbocycles. The first-order chi connectivity index (χ1) is 8.72. The summed E-state index contributed by atoms with van der Waals surface area (Å²) in [5.41, 5.74) is 3.10. The van der Waals surface area contributed by atoms with Crippen LogP contribution in [0.1, 0.15) is 27.9 Å². The molecule has 2 amide bonds. The lowest BCUT2D eigenvalue weighted by atomic mass is 10.1. The molecule has 0 aliphatic carbocycles. The highest BCUT2D eigenvalue weighted by molar-refractivity contribution is 5.95. The largest absolute Gasteiger partial charge is 0.354 e. The van der Waals surface area contributed by atoms with Crippen LogP contribution in [0.5, 0.6) is 0 Å². The molecule has 2 aliphatic heterocycles. The zero-order chi connectivity index (χ0) is 12.5. The molecular weight excluding hydrogens is 230 g/mol. The molecule has 1 fully saturated rings. The maximum atomic E-state index is 12.0. The number of benzene rings is 1. The highest BCUT2D eigenvalue weighted by atomic mass is 16.2. The van der Waals surface area contributed by atoms with E-state index in [4.69, 9.17) is 0 Å². The number of carbonyl (C=O) groups excluding carboxylic acids is 2. The van der Waals surface area contributed by atoms with Gasteiger partial charge in [0.25, 0.3) is 5.91 Å². The van der Waals surface area contributed by atoms with Crippen molar-refractivity contribution in [2.45, 2.75) is 25.6 Å². The van der Waals surface area contributed by atoms with Crippen LogP contribution in [0.4, 0.5) is 0 Å². The van der Waals surface area contributed by atoms with E-state index in [9.17, 15) is 9.59 Å². The third kappa shape index (κ3) is 2.09. The van der Waals surface area contributed by atoms with Crippen LogP contribution in [-0.4, -0.2) is 24.4 Å². The molecule has 5 nitrogen and oxygen atoms in total. The highest BCUT2D eigenvalue weighted by Crippen LogP contribution is 2.17. The summed E-state index contributed by atoms with van der Waals surface area (Å²) in [5.74, 6) is -0.107. The lowest BCUT2D eigenvalue weighted by molar-refractivity contribution is -0.119. The van der Waals surface area contributed by atoms with Crippen LogP contribution in [0.15, 0.2) is 18.2 Å². The second kappa shape index (κ2) is 4.42. The zero-order valence-electron chi connectivity index (χ0n) is 9.95. The Morgan fingerprint density at radius 1 is 1.28 bits per heavy atom. The molecule has 1 aromatic rings. The van der Waals surface area contributed by atoms with Crippen molar-refractivity contribution in [2.75, 3.05) is 6.54 Å². The van der Waals surface area contributed by atoms with Crippen molar-refractivity contribution < 1.29 is 9.59 Å². The van der Waals surface area contributed by atoms with Crippen molar-refractivity contribution in [1.82, 2.24) is 16.0 Å². The molecule has 0 radical (unpaired) electrons. The van der Waals surface area contributed by atoms with Gasteiger partial charge in [-0.1, -0.05) is 6.07 Å². The molecule has 3 N–H and O–H groups in total. The number of hydrogen-bond donors (Lipinski definition) is 3. The number of amides is 2. The van der Waals surface area contributed by atoms with Crippen LogP contribution >= 0.6 is 0 Å². The summed E-state index contributed by atoms with van der Waals surface area (Å²) in [5, 5.41) is 8.82. The summed E-state index contributed by atoms with van der Waals surface area (Å²) in [6, 6.07) is 5.67. The van der Waals surface area contributed by atoms with Gasteiger partial charge >= 0.3 is 0 Å². The number of fused-ring (bicyclic) bond motifs is 1. The average Bonchev–Trinajstić information content (AvgIpc) is 2.96. The number of carbonyl (C=O) groups is 2. The van der Waals surface area contributed by atoms with Crippen LogP contribution in [0, 0.1) is 0 Å². The molecule has 1 saturated heterocycles. The molecule has 1 unspecified atom stereocenters. The van der Waals surface area contributed by atoms with Gasteiger partial charge in [0.1, 0.15) is 0 Å². The molecule has 2 aliphatic rings. The fourth-order valence-corrected chi connectivity index (χ4v) is 2.41. The van der Waals surface area contributed by atoms with Crippen LogP contribution in [0.2, 0.25) is 0 Å². The molecule has 3 rings (SSSR count). The van der Waals surface area contributed by atoms with E-state index in [0.29, 0.717) is 18.5 Å². The summed E-state index contributed by atoms with van der Waals surface area (Å²) in [6.07, 6.45) is 0.373. The van der Waals surface area contributed by atoms with E-state index in [1.807, 2.05) is 18.2 Å². The van der Waals surface area contributed by atoms with Crippen molar-refractivity contribution in [3.05, 3.63) is 34.9 Å². The van der Waals surface area contributed by atoms with Crippen molar-refractivity contribution in [2.24, 2.45) is 0 Å². The molecule has 0 aromatic heterocycles. The fourth-order valence-electron chi connectivity index (χ4n) is 2.41. The lowest BCUT2D eigenvalue weighted by Gasteiger charge is -2.11. The number of rotatable bonds is 2. The minimum atomic E-state index is -0.105. The number of nitrogens with one attached hydrogen (secondary N) is 3. The summed E-state index contributed by atoms with van der Waals surface area (Å²) < 4.78 is 0. The normalized spacial score (nSPS) is 21.6. The standard InChI is InChI=1S/C13H15N3O2/c17-12-4-11(7-15-12)16-13(18)8-1-2-9-5-14-6-10(9)3-8/h1-3,11,14H,4-7H2,(H,15,17)(H,16,18). The van der Waals surface area contributed by atoms with Gasteiger partial charge in [0.05, 0.1) is 6.04 Å². The molecule has 94 valence electrons. The van der Waals surface area contributed by atoms with Gasteiger partial charge in [-0.15, -0.1) is 0 Å². The molecule has 0 spiro atoms. The van der Waals surface area contributed by atoms with Gasteiger partial charge in [-0.2, -0.15) is 0 Å². The molecule has 0 saturated carbocycles. The van der Waals surface area contributed by atoms with Gasteiger partial charge in [0.15, 0.2) is 0 Å². The van der Waals surface area contributed by atoms with Crippen molar-refractivity contribution in [3.63, 3.8) is 0 Å². The summed E-state index contributed by atoms with van der Waals surface area (Å²) in [7, 11) is 0. The Labute approximate surface area is 105 Å². The topological polar surface area (TPSA) is 70.2 Å². The predicted octanol–water partition coefficient (Wildman–Crippen LogP) is -0.0919. The molecule has 18 heavy (non-hydrogen) atoms. The average molecular weight is 245 g/mol. The third-order valence-corrected chi connectivity index (χ3v) is 3.41. The van der Waals surface area contributed by atoms with Gasteiger partial charge in [-0.25, -0.2) is 0 Å². The first-order valence-corrected chi connectivity index (χ1v) is 6.12. The maximum absolute atomic E-state index is 12.0. The van der Waals surface area contributed by atoms with Crippen molar-refractivity contribution in [1.29, 1.82) is 0 Å². The summed E-state index contributed by atoms with van der Waals surface area (Å²) >= 11 is 0. The summed E-state index contributed by atoms with van der Waals surface area (Å²) in [6.45, 7) is 2.22. The van der Waals surface area contributed by atoms with Gasteiger partial charge in [0.2, 0.25) is 5.91 Å². The Bertz CT molecular complexity index is 513. The minimum Gasteiger partial charge on any atom is -0.354 e. The number of hydrogen-bond acceptors (Lipinski definition) is 3. The first-order valence-electron chi connectivity index (χ1n) is 6.12. The van der Waals surface area contributed by atoms with Crippen molar-refractivity contribution >= 4 is 11.8 Å². The molecule has 5 heteroatoms. The zero-order valence-corrected chi connectivity index (χ0v) is 9.95. The smallest absolute Gasteiger partial charge is 0.251 e. The van der Waals surface area contributed by atoms with E-state index in [1.165, 1.54) is 11.1 Å². The quantitative estimate of drug-likeness (QED) is 0.682. The van der Waals surface area contributed by atoms with Crippen molar-refractivity contribution in [3.8, 4) is 0 Å². The molecule has 2 heterocycles. The minimum absolute atomic E-state index is 0.00143. The molecule has 0 bridgehead atoms. The Balaban J connectivity index is 1.70. The third-order valence-electron chi connectivity index (χ3n) is 3.41. The summed E-state index contributed by atoms with van der Waals surface area (Å²) in [4.78, 5) is 23.1. The van der Waals surface area contributed by atoms with E-state index in [-0.39, 0.29) is 17.9 Å².